The fourth-order valence-electron chi connectivity index (χ4n) is 3.18. The Balaban J connectivity index is 1.66. The molecule has 0 atom stereocenters. The highest BCUT2D eigenvalue weighted by molar-refractivity contribution is 8.13. The van der Waals surface area contributed by atoms with Gasteiger partial charge in [-0.2, -0.15) is 13.2 Å². The summed E-state index contributed by atoms with van der Waals surface area (Å²) in [5, 5.41) is 2.42. The molecule has 0 N–H and O–H groups in total. The third-order valence-corrected chi connectivity index (χ3v) is 5.69. The maximum atomic E-state index is 13.1. The van der Waals surface area contributed by atoms with Gasteiger partial charge in [-0.3, -0.25) is 9.69 Å². The van der Waals surface area contributed by atoms with Crippen LogP contribution in [-0.2, 0) is 6.18 Å². The number of nitrogens with zero attached hydrogens (tertiary/aromatic N) is 2. The van der Waals surface area contributed by atoms with Crippen LogP contribution in [0.4, 0.5) is 18.9 Å². The zero-order chi connectivity index (χ0) is 20.4. The number of benzene rings is 3. The third-order valence-electron chi connectivity index (χ3n) is 4.63. The van der Waals surface area contributed by atoms with Gasteiger partial charge in [0.05, 0.1) is 11.3 Å². The average molecular weight is 414 g/mol. The number of fused-ring (bicyclic) bond motifs is 1. The van der Waals surface area contributed by atoms with Crippen molar-refractivity contribution in [3.63, 3.8) is 0 Å². The first-order valence-electron chi connectivity index (χ1n) is 9.11. The van der Waals surface area contributed by atoms with Crippen LogP contribution in [0.3, 0.4) is 0 Å². The lowest BCUT2D eigenvalue weighted by atomic mass is 10.1. The first kappa shape index (κ1) is 19.5. The van der Waals surface area contributed by atoms with Gasteiger partial charge < -0.3 is 0 Å². The van der Waals surface area contributed by atoms with Crippen molar-refractivity contribution in [1.82, 2.24) is 4.90 Å². The van der Waals surface area contributed by atoms with Gasteiger partial charge in [-0.25, -0.2) is 4.99 Å². The molecular formula is C22H17F3N2OS. The fraction of sp³-hybridized carbons (Fsp3) is 0.182. The standard InChI is InChI=1S/C22H17F3N2OS/c23-22(24,25)18-7-3-8-19(14-18)26-21-27(11-4-12-29-21)20(28)17-10-9-15-5-1-2-6-16(15)13-17/h1-3,5-10,13-14H,4,11-12H2. The molecule has 0 aliphatic carbocycles. The smallest absolute Gasteiger partial charge is 0.287 e. The normalized spacial score (nSPS) is 16.4. The number of hydrogen-bond acceptors (Lipinski definition) is 3. The second-order valence-electron chi connectivity index (χ2n) is 6.66. The number of amides is 1. The van der Waals surface area contributed by atoms with E-state index in [4.69, 9.17) is 0 Å². The van der Waals surface area contributed by atoms with Crippen molar-refractivity contribution in [2.24, 2.45) is 4.99 Å². The molecule has 0 unspecified atom stereocenters. The summed E-state index contributed by atoms with van der Waals surface area (Å²) in [6, 6.07) is 18.1. The van der Waals surface area contributed by atoms with Crippen molar-refractivity contribution in [3.8, 4) is 0 Å². The van der Waals surface area contributed by atoms with Crippen molar-refractivity contribution < 1.29 is 18.0 Å². The molecule has 1 aliphatic heterocycles. The molecular weight excluding hydrogens is 397 g/mol. The van der Waals surface area contributed by atoms with Crippen LogP contribution in [-0.4, -0.2) is 28.3 Å². The summed E-state index contributed by atoms with van der Waals surface area (Å²) < 4.78 is 38.9. The zero-order valence-electron chi connectivity index (χ0n) is 15.3. The molecule has 3 aromatic carbocycles. The molecule has 0 saturated carbocycles. The van der Waals surface area contributed by atoms with Gasteiger partial charge in [-0.05, 0) is 47.5 Å². The molecule has 1 amide bonds. The molecule has 148 valence electrons. The van der Waals surface area contributed by atoms with Crippen molar-refractivity contribution in [2.45, 2.75) is 12.6 Å². The van der Waals surface area contributed by atoms with E-state index in [9.17, 15) is 18.0 Å². The average Bonchev–Trinajstić information content (AvgIpc) is 2.73. The van der Waals surface area contributed by atoms with Crippen LogP contribution in [0, 0.1) is 0 Å². The van der Waals surface area contributed by atoms with E-state index in [-0.39, 0.29) is 11.6 Å². The molecule has 1 fully saturated rings. The van der Waals surface area contributed by atoms with E-state index in [1.807, 2.05) is 36.4 Å². The molecule has 0 spiro atoms. The van der Waals surface area contributed by atoms with Crippen molar-refractivity contribution in [1.29, 1.82) is 0 Å². The molecule has 1 aliphatic rings. The Morgan fingerprint density at radius 3 is 2.55 bits per heavy atom. The minimum absolute atomic E-state index is 0.181. The summed E-state index contributed by atoms with van der Waals surface area (Å²) in [7, 11) is 0. The molecule has 1 saturated heterocycles. The predicted molar refractivity (Wildman–Crippen MR) is 111 cm³/mol. The quantitative estimate of drug-likeness (QED) is 0.506. The lowest BCUT2D eigenvalue weighted by molar-refractivity contribution is -0.137. The van der Waals surface area contributed by atoms with Crippen LogP contribution >= 0.6 is 11.8 Å². The molecule has 0 aromatic heterocycles. The minimum atomic E-state index is -4.43. The van der Waals surface area contributed by atoms with E-state index in [0.29, 0.717) is 17.3 Å². The van der Waals surface area contributed by atoms with Crippen molar-refractivity contribution in [2.75, 3.05) is 12.3 Å². The lowest BCUT2D eigenvalue weighted by Crippen LogP contribution is -2.39. The van der Waals surface area contributed by atoms with Gasteiger partial charge in [0, 0.05) is 17.9 Å². The van der Waals surface area contributed by atoms with E-state index in [1.54, 1.807) is 11.0 Å². The summed E-state index contributed by atoms with van der Waals surface area (Å²) in [6.07, 6.45) is -3.64. The molecule has 3 nitrogen and oxygen atoms in total. The number of thioether (sulfide) groups is 1. The molecule has 0 bridgehead atoms. The van der Waals surface area contributed by atoms with E-state index in [0.717, 1.165) is 35.1 Å². The minimum Gasteiger partial charge on any atom is -0.287 e. The molecule has 4 rings (SSSR count). The van der Waals surface area contributed by atoms with Gasteiger partial charge in [0.15, 0.2) is 5.17 Å². The Hall–Kier alpha value is -2.80. The number of carbonyl (C=O) groups excluding carboxylic acids is 1. The maximum Gasteiger partial charge on any atom is 0.416 e. The second-order valence-corrected chi connectivity index (χ2v) is 7.73. The monoisotopic (exact) mass is 414 g/mol. The maximum absolute atomic E-state index is 13.1. The number of hydrogen-bond donors (Lipinski definition) is 0. The van der Waals surface area contributed by atoms with Crippen LogP contribution < -0.4 is 0 Å². The van der Waals surface area contributed by atoms with Gasteiger partial charge in [0.2, 0.25) is 0 Å². The Bertz CT molecular complexity index is 1090. The molecule has 1 heterocycles. The topological polar surface area (TPSA) is 32.7 Å². The van der Waals surface area contributed by atoms with Crippen molar-refractivity contribution in [3.05, 3.63) is 77.9 Å². The fourth-order valence-corrected chi connectivity index (χ4v) is 4.14. The molecule has 0 radical (unpaired) electrons. The number of alkyl halides is 3. The Labute approximate surface area is 170 Å². The van der Waals surface area contributed by atoms with Crippen LogP contribution in [0.2, 0.25) is 0 Å². The summed E-state index contributed by atoms with van der Waals surface area (Å²) in [5.41, 5.74) is -0.0453. The summed E-state index contributed by atoms with van der Waals surface area (Å²) >= 11 is 1.38. The number of rotatable bonds is 2. The Morgan fingerprint density at radius 2 is 1.76 bits per heavy atom. The predicted octanol–water partition coefficient (Wildman–Crippen LogP) is 6.13. The van der Waals surface area contributed by atoms with Gasteiger partial charge >= 0.3 is 6.18 Å². The number of amidine groups is 1. The van der Waals surface area contributed by atoms with Crippen molar-refractivity contribution >= 4 is 39.3 Å². The van der Waals surface area contributed by atoms with E-state index < -0.39 is 11.7 Å². The van der Waals surface area contributed by atoms with E-state index >= 15 is 0 Å². The largest absolute Gasteiger partial charge is 0.416 e. The molecule has 3 aromatic rings. The first-order chi connectivity index (χ1) is 13.9. The van der Waals surface area contributed by atoms with Crippen LogP contribution in [0.1, 0.15) is 22.3 Å². The van der Waals surface area contributed by atoms with E-state index in [2.05, 4.69) is 4.99 Å². The molecule has 7 heteroatoms. The second kappa shape index (κ2) is 7.91. The summed E-state index contributed by atoms with van der Waals surface area (Å²) in [5.74, 6) is 0.563. The number of carbonyl (C=O) groups is 1. The summed E-state index contributed by atoms with van der Waals surface area (Å²) in [6.45, 7) is 0.483. The van der Waals surface area contributed by atoms with Gasteiger partial charge in [0.1, 0.15) is 0 Å². The number of aliphatic imine (C=N–C) groups is 1. The van der Waals surface area contributed by atoms with E-state index in [1.165, 1.54) is 23.9 Å². The van der Waals surface area contributed by atoms with Crippen LogP contribution in [0.15, 0.2) is 71.7 Å². The van der Waals surface area contributed by atoms with Crippen LogP contribution in [0.5, 0.6) is 0 Å². The first-order valence-corrected chi connectivity index (χ1v) is 10.1. The Morgan fingerprint density at radius 1 is 0.966 bits per heavy atom. The molecule has 29 heavy (non-hydrogen) atoms. The Kier molecular flexibility index (Phi) is 5.32. The number of halogens is 3. The van der Waals surface area contributed by atoms with Crippen LogP contribution in [0.25, 0.3) is 10.8 Å². The SMILES string of the molecule is O=C(c1ccc2ccccc2c1)N1CCCSC1=Nc1cccc(C(F)(F)F)c1. The zero-order valence-corrected chi connectivity index (χ0v) is 16.1. The van der Waals surface area contributed by atoms with Gasteiger partial charge in [0.25, 0.3) is 5.91 Å². The van der Waals surface area contributed by atoms with Gasteiger partial charge in [-0.15, -0.1) is 0 Å². The summed E-state index contributed by atoms with van der Waals surface area (Å²) in [4.78, 5) is 19.0. The highest BCUT2D eigenvalue weighted by atomic mass is 32.2. The highest BCUT2D eigenvalue weighted by Gasteiger charge is 2.31. The third kappa shape index (κ3) is 4.29. The highest BCUT2D eigenvalue weighted by Crippen LogP contribution is 2.32. The van der Waals surface area contributed by atoms with Gasteiger partial charge in [-0.1, -0.05) is 48.2 Å². The lowest BCUT2D eigenvalue weighted by Gasteiger charge is -2.28.